The first-order valence-corrected chi connectivity index (χ1v) is 20.9. The Morgan fingerprint density at radius 2 is 1.09 bits per heavy atom. The lowest BCUT2D eigenvalue weighted by molar-refractivity contribution is -0.305. The highest BCUT2D eigenvalue weighted by atomic mass is 16.7. The van der Waals surface area contributed by atoms with Crippen molar-refractivity contribution in [2.24, 2.45) is 0 Å². The Bertz CT molecular complexity index is 1070. The van der Waals surface area contributed by atoms with Crippen molar-refractivity contribution in [1.29, 1.82) is 0 Å². The maximum atomic E-state index is 12.7. The smallest absolute Gasteiger partial charge is 0.306 e. The summed E-state index contributed by atoms with van der Waals surface area (Å²) < 4.78 is 22.0. The van der Waals surface area contributed by atoms with Gasteiger partial charge in [0.05, 0.1) is 13.2 Å². The second kappa shape index (κ2) is 34.9. The lowest BCUT2D eigenvalue weighted by Gasteiger charge is -2.39. The number of hydrogen-bond donors (Lipinski definition) is 4. The molecule has 0 spiro atoms. The molecule has 0 aromatic rings. The van der Waals surface area contributed by atoms with Gasteiger partial charge in [0, 0.05) is 12.8 Å². The SMILES string of the molecule is CC/C=C/C=C/C=C/C=C/C=C/CCCC(=O)OC(COC(=O)CCCCCCCCCCCCCCCCCC)CO[C@H]1O[C@@H](CO)[C@@H](O)C(O)C1O. The van der Waals surface area contributed by atoms with Crippen LogP contribution >= 0.6 is 0 Å². The van der Waals surface area contributed by atoms with Gasteiger partial charge in [-0.25, -0.2) is 0 Å². The van der Waals surface area contributed by atoms with Crippen LogP contribution in [0.5, 0.6) is 0 Å². The minimum atomic E-state index is -1.61. The summed E-state index contributed by atoms with van der Waals surface area (Å²) in [6.07, 6.45) is 33.8. The molecule has 10 heteroatoms. The van der Waals surface area contributed by atoms with Crippen LogP contribution in [-0.4, -0.2) is 89.0 Å². The molecule has 10 nitrogen and oxygen atoms in total. The average molecular weight is 763 g/mol. The van der Waals surface area contributed by atoms with E-state index in [9.17, 15) is 30.0 Å². The summed E-state index contributed by atoms with van der Waals surface area (Å²) in [7, 11) is 0. The minimum Gasteiger partial charge on any atom is -0.462 e. The van der Waals surface area contributed by atoms with E-state index < -0.39 is 55.4 Å². The number of hydrogen-bond acceptors (Lipinski definition) is 10. The van der Waals surface area contributed by atoms with Crippen LogP contribution in [0.4, 0.5) is 0 Å². The second-order valence-corrected chi connectivity index (χ2v) is 14.2. The van der Waals surface area contributed by atoms with Gasteiger partial charge in [-0.2, -0.15) is 0 Å². The lowest BCUT2D eigenvalue weighted by Crippen LogP contribution is -2.59. The van der Waals surface area contributed by atoms with E-state index in [2.05, 4.69) is 19.9 Å². The average Bonchev–Trinajstić information content (AvgIpc) is 3.17. The molecule has 0 aliphatic carbocycles. The van der Waals surface area contributed by atoms with Crippen LogP contribution in [0.2, 0.25) is 0 Å². The lowest BCUT2D eigenvalue weighted by atomic mass is 9.99. The molecule has 310 valence electrons. The Kier molecular flexibility index (Phi) is 31.9. The van der Waals surface area contributed by atoms with Crippen molar-refractivity contribution in [1.82, 2.24) is 0 Å². The van der Waals surface area contributed by atoms with E-state index in [1.54, 1.807) is 0 Å². The first-order valence-electron chi connectivity index (χ1n) is 20.9. The Labute approximate surface area is 326 Å². The van der Waals surface area contributed by atoms with Crippen molar-refractivity contribution in [3.05, 3.63) is 60.8 Å². The van der Waals surface area contributed by atoms with Crippen molar-refractivity contribution in [2.45, 2.75) is 185 Å². The summed E-state index contributed by atoms with van der Waals surface area (Å²) in [4.78, 5) is 25.2. The van der Waals surface area contributed by atoms with Gasteiger partial charge < -0.3 is 39.4 Å². The normalized spacial score (nSPS) is 21.3. The summed E-state index contributed by atoms with van der Waals surface area (Å²) >= 11 is 0. The predicted octanol–water partition coefficient (Wildman–Crippen LogP) is 8.27. The predicted molar refractivity (Wildman–Crippen MR) is 215 cm³/mol. The van der Waals surface area contributed by atoms with E-state index in [1.165, 1.54) is 83.5 Å². The molecule has 1 rings (SSSR count). The number of unbranched alkanes of at least 4 members (excludes halogenated alkanes) is 16. The zero-order valence-corrected chi connectivity index (χ0v) is 33.4. The summed E-state index contributed by atoms with van der Waals surface area (Å²) in [6.45, 7) is 3.19. The molecule has 0 aromatic carbocycles. The standard InChI is InChI=1S/C44H74O10/c1-3-5-7-9-11-13-15-17-18-19-21-22-24-26-28-30-32-39(46)51-35-37(36-52-44-43(50)42(49)41(48)38(34-45)54-44)53-40(47)33-31-29-27-25-23-20-16-14-12-10-8-6-4-2/h6,8,10,12,14,16,20,23,25,27,37-38,41-45,48-50H,3-5,7,9,11,13,15,17-19,21-22,24,26,28-36H2,1-2H3/b8-6+,12-10+,16-14+,23-20+,27-25+/t37?,38-,41+,42?,43?,44-/m0/s1. The van der Waals surface area contributed by atoms with Crippen molar-refractivity contribution in [2.75, 3.05) is 19.8 Å². The van der Waals surface area contributed by atoms with E-state index in [-0.39, 0.29) is 26.1 Å². The number of esters is 2. The molecule has 0 amide bonds. The monoisotopic (exact) mass is 763 g/mol. The molecule has 6 atom stereocenters. The Hall–Kier alpha value is -2.60. The third-order valence-corrected chi connectivity index (χ3v) is 9.29. The molecule has 4 N–H and O–H groups in total. The number of ether oxygens (including phenoxy) is 4. The zero-order valence-electron chi connectivity index (χ0n) is 33.4. The van der Waals surface area contributed by atoms with Crippen LogP contribution in [0.15, 0.2) is 60.8 Å². The summed E-state index contributed by atoms with van der Waals surface area (Å²) in [5.74, 6) is -0.895. The van der Waals surface area contributed by atoms with Crippen LogP contribution in [0.1, 0.15) is 149 Å². The molecule has 0 aromatic heterocycles. The van der Waals surface area contributed by atoms with E-state index in [4.69, 9.17) is 18.9 Å². The molecule has 1 aliphatic heterocycles. The minimum absolute atomic E-state index is 0.133. The van der Waals surface area contributed by atoms with Crippen LogP contribution in [0.3, 0.4) is 0 Å². The van der Waals surface area contributed by atoms with Crippen LogP contribution < -0.4 is 0 Å². The van der Waals surface area contributed by atoms with Crippen molar-refractivity contribution in [3.63, 3.8) is 0 Å². The van der Waals surface area contributed by atoms with Gasteiger partial charge in [-0.05, 0) is 25.7 Å². The fourth-order valence-electron chi connectivity index (χ4n) is 5.98. The Morgan fingerprint density at radius 3 is 1.63 bits per heavy atom. The molecule has 0 radical (unpaired) electrons. The van der Waals surface area contributed by atoms with Gasteiger partial charge in [0.2, 0.25) is 0 Å². The van der Waals surface area contributed by atoms with Gasteiger partial charge in [-0.3, -0.25) is 9.59 Å². The second-order valence-electron chi connectivity index (χ2n) is 14.2. The first-order chi connectivity index (χ1) is 26.3. The first kappa shape index (κ1) is 49.4. The van der Waals surface area contributed by atoms with Crippen molar-refractivity contribution >= 4 is 11.9 Å². The highest BCUT2D eigenvalue weighted by Gasteiger charge is 2.44. The molecule has 54 heavy (non-hydrogen) atoms. The number of allylic oxidation sites excluding steroid dienone is 10. The van der Waals surface area contributed by atoms with E-state index in [0.717, 1.165) is 25.7 Å². The van der Waals surface area contributed by atoms with Gasteiger partial charge in [-0.1, -0.05) is 171 Å². The molecule has 1 aliphatic rings. The van der Waals surface area contributed by atoms with Crippen molar-refractivity contribution in [3.8, 4) is 0 Å². The Balaban J connectivity index is 2.40. The van der Waals surface area contributed by atoms with Gasteiger partial charge in [0.15, 0.2) is 12.4 Å². The molecule has 1 saturated heterocycles. The summed E-state index contributed by atoms with van der Waals surface area (Å²) in [5.41, 5.74) is 0. The van der Waals surface area contributed by atoms with Gasteiger partial charge in [-0.15, -0.1) is 0 Å². The van der Waals surface area contributed by atoms with Gasteiger partial charge >= 0.3 is 11.9 Å². The molecule has 1 heterocycles. The number of aliphatic hydroxyl groups is 4. The largest absolute Gasteiger partial charge is 0.462 e. The quantitative estimate of drug-likeness (QED) is 0.0292. The summed E-state index contributed by atoms with van der Waals surface area (Å²) in [5, 5.41) is 40.0. The highest BCUT2D eigenvalue weighted by molar-refractivity contribution is 5.70. The topological polar surface area (TPSA) is 152 Å². The number of carbonyl (C=O) groups is 2. The van der Waals surface area contributed by atoms with Gasteiger partial charge in [0.25, 0.3) is 0 Å². The van der Waals surface area contributed by atoms with E-state index in [1.807, 2.05) is 54.7 Å². The highest BCUT2D eigenvalue weighted by Crippen LogP contribution is 2.22. The molecular weight excluding hydrogens is 688 g/mol. The van der Waals surface area contributed by atoms with E-state index >= 15 is 0 Å². The molecule has 1 fully saturated rings. The fraction of sp³-hybridized carbons (Fsp3) is 0.727. The number of carbonyl (C=O) groups excluding carboxylic acids is 2. The van der Waals surface area contributed by atoms with Crippen LogP contribution in [0.25, 0.3) is 0 Å². The molecule has 0 saturated carbocycles. The third-order valence-electron chi connectivity index (χ3n) is 9.29. The molecular formula is C44H74O10. The maximum Gasteiger partial charge on any atom is 0.306 e. The number of aliphatic hydroxyl groups excluding tert-OH is 4. The molecule has 0 bridgehead atoms. The van der Waals surface area contributed by atoms with Gasteiger partial charge in [0.1, 0.15) is 31.0 Å². The number of rotatable bonds is 33. The maximum absolute atomic E-state index is 12.7. The fourth-order valence-corrected chi connectivity index (χ4v) is 5.98. The van der Waals surface area contributed by atoms with Crippen LogP contribution in [0, 0.1) is 0 Å². The Morgan fingerprint density at radius 1 is 0.593 bits per heavy atom. The van der Waals surface area contributed by atoms with Crippen molar-refractivity contribution < 1.29 is 49.0 Å². The molecule has 3 unspecified atom stereocenters. The van der Waals surface area contributed by atoms with Crippen LogP contribution in [-0.2, 0) is 28.5 Å². The third kappa shape index (κ3) is 26.2. The van der Waals surface area contributed by atoms with E-state index in [0.29, 0.717) is 12.8 Å². The summed E-state index contributed by atoms with van der Waals surface area (Å²) in [6, 6.07) is 0. The zero-order chi connectivity index (χ0) is 39.5.